The maximum absolute atomic E-state index is 5.73. The van der Waals surface area contributed by atoms with E-state index in [0.29, 0.717) is 4.83 Å². The van der Waals surface area contributed by atoms with Crippen LogP contribution in [0.25, 0.3) is 0 Å². The summed E-state index contributed by atoms with van der Waals surface area (Å²) in [7, 11) is 0. The molecule has 18 heavy (non-hydrogen) atoms. The maximum atomic E-state index is 5.73. The normalized spacial score (nSPS) is 16.2. The number of fused-ring (bicyclic) bond motifs is 1. The molecular formula is C14H18Br2O2. The largest absolute Gasteiger partial charge is 0.490 e. The highest BCUT2D eigenvalue weighted by molar-refractivity contribution is 9.11. The van der Waals surface area contributed by atoms with Crippen LogP contribution in [0.2, 0.25) is 0 Å². The topological polar surface area (TPSA) is 18.5 Å². The second-order valence-corrected chi connectivity index (χ2v) is 6.44. The van der Waals surface area contributed by atoms with Crippen molar-refractivity contribution in [2.45, 2.75) is 37.4 Å². The van der Waals surface area contributed by atoms with Gasteiger partial charge in [0.25, 0.3) is 0 Å². The highest BCUT2D eigenvalue weighted by Gasteiger charge is 2.17. The number of benzene rings is 1. The Kier molecular flexibility index (Phi) is 5.37. The molecule has 0 aromatic heterocycles. The van der Waals surface area contributed by atoms with Crippen LogP contribution in [0.4, 0.5) is 0 Å². The number of ether oxygens (including phenoxy) is 2. The van der Waals surface area contributed by atoms with Crippen LogP contribution in [-0.2, 0) is 0 Å². The molecule has 1 heterocycles. The van der Waals surface area contributed by atoms with E-state index >= 15 is 0 Å². The molecule has 0 fully saturated rings. The number of hydrogen-bond acceptors (Lipinski definition) is 2. The average Bonchev–Trinajstić information content (AvgIpc) is 2.59. The summed E-state index contributed by atoms with van der Waals surface area (Å²) in [4.78, 5) is 0.365. The fraction of sp³-hybridized carbons (Fsp3) is 0.571. The van der Waals surface area contributed by atoms with Crippen LogP contribution in [0, 0.1) is 0 Å². The van der Waals surface area contributed by atoms with E-state index < -0.39 is 0 Å². The summed E-state index contributed by atoms with van der Waals surface area (Å²) in [6.45, 7) is 3.67. The van der Waals surface area contributed by atoms with Crippen molar-refractivity contribution in [3.63, 3.8) is 0 Å². The molecule has 1 aliphatic rings. The minimum Gasteiger partial charge on any atom is -0.490 e. The van der Waals surface area contributed by atoms with Gasteiger partial charge in [0.05, 0.1) is 13.2 Å². The Morgan fingerprint density at radius 1 is 1.22 bits per heavy atom. The highest BCUT2D eigenvalue weighted by atomic mass is 79.9. The van der Waals surface area contributed by atoms with Crippen molar-refractivity contribution in [2.75, 3.05) is 13.2 Å². The van der Waals surface area contributed by atoms with Crippen LogP contribution >= 0.6 is 31.9 Å². The number of rotatable bonds is 4. The Morgan fingerprint density at radius 2 is 1.89 bits per heavy atom. The molecule has 4 heteroatoms. The van der Waals surface area contributed by atoms with E-state index in [1.54, 1.807) is 0 Å². The van der Waals surface area contributed by atoms with Crippen LogP contribution in [0.3, 0.4) is 0 Å². The van der Waals surface area contributed by atoms with Crippen LogP contribution in [-0.4, -0.2) is 13.2 Å². The van der Waals surface area contributed by atoms with E-state index in [1.165, 1.54) is 18.4 Å². The average molecular weight is 378 g/mol. The summed E-state index contributed by atoms with van der Waals surface area (Å²) in [6.07, 6.45) is 4.50. The van der Waals surface area contributed by atoms with Gasteiger partial charge in [-0.3, -0.25) is 0 Å². The molecule has 1 aromatic rings. The molecule has 0 saturated heterocycles. The molecule has 0 spiro atoms. The van der Waals surface area contributed by atoms with Gasteiger partial charge in [-0.25, -0.2) is 0 Å². The van der Waals surface area contributed by atoms with Gasteiger partial charge >= 0.3 is 0 Å². The zero-order valence-corrected chi connectivity index (χ0v) is 13.7. The maximum Gasteiger partial charge on any atom is 0.162 e. The molecule has 2 nitrogen and oxygen atoms in total. The molecule has 1 unspecified atom stereocenters. The third-order valence-corrected chi connectivity index (χ3v) is 4.65. The minimum absolute atomic E-state index is 0.365. The third kappa shape index (κ3) is 3.41. The van der Waals surface area contributed by atoms with Crippen molar-refractivity contribution in [3.8, 4) is 11.5 Å². The molecule has 100 valence electrons. The van der Waals surface area contributed by atoms with E-state index in [0.717, 1.165) is 42.0 Å². The van der Waals surface area contributed by atoms with Crippen molar-refractivity contribution >= 4 is 31.9 Å². The Labute approximate surface area is 125 Å². The lowest BCUT2D eigenvalue weighted by molar-refractivity contribution is 0.297. The SMILES string of the molecule is CCCCC(Br)c1cc2c(cc1Br)OCCCO2. The quantitative estimate of drug-likeness (QED) is 0.668. The molecule has 1 atom stereocenters. The second-order valence-electron chi connectivity index (χ2n) is 4.48. The molecule has 1 aliphatic heterocycles. The van der Waals surface area contributed by atoms with Crippen molar-refractivity contribution in [3.05, 3.63) is 22.2 Å². The van der Waals surface area contributed by atoms with Gasteiger partial charge in [-0.15, -0.1) is 0 Å². The Hall–Kier alpha value is -0.220. The van der Waals surface area contributed by atoms with Gasteiger partial charge < -0.3 is 9.47 Å². The number of alkyl halides is 1. The summed E-state index contributed by atoms with van der Waals surface area (Å²) in [5.41, 5.74) is 1.24. The fourth-order valence-electron chi connectivity index (χ4n) is 1.98. The fourth-order valence-corrected chi connectivity index (χ4v) is 3.59. The summed E-state index contributed by atoms with van der Waals surface area (Å²) >= 11 is 7.39. The molecular weight excluding hydrogens is 360 g/mol. The lowest BCUT2D eigenvalue weighted by atomic mass is 10.1. The molecule has 0 bridgehead atoms. The van der Waals surface area contributed by atoms with E-state index in [2.05, 4.69) is 44.8 Å². The first-order chi connectivity index (χ1) is 8.72. The Morgan fingerprint density at radius 3 is 2.56 bits per heavy atom. The predicted molar refractivity (Wildman–Crippen MR) is 80.9 cm³/mol. The smallest absolute Gasteiger partial charge is 0.162 e. The summed E-state index contributed by atoms with van der Waals surface area (Å²) in [5.74, 6) is 1.71. The predicted octanol–water partition coefficient (Wildman–Crippen LogP) is 5.24. The van der Waals surface area contributed by atoms with Crippen molar-refractivity contribution < 1.29 is 9.47 Å². The van der Waals surface area contributed by atoms with Gasteiger partial charge in [0, 0.05) is 15.7 Å². The van der Waals surface area contributed by atoms with Crippen LogP contribution in [0.1, 0.15) is 43.0 Å². The molecule has 1 aromatic carbocycles. The van der Waals surface area contributed by atoms with Gasteiger partial charge in [-0.1, -0.05) is 51.6 Å². The van der Waals surface area contributed by atoms with Crippen LogP contribution < -0.4 is 9.47 Å². The minimum atomic E-state index is 0.365. The van der Waals surface area contributed by atoms with Gasteiger partial charge in [0.2, 0.25) is 0 Å². The molecule has 2 rings (SSSR count). The lowest BCUT2D eigenvalue weighted by Crippen LogP contribution is -1.97. The zero-order valence-electron chi connectivity index (χ0n) is 10.5. The molecule has 0 amide bonds. The van der Waals surface area contributed by atoms with Crippen LogP contribution in [0.5, 0.6) is 11.5 Å². The number of hydrogen-bond donors (Lipinski definition) is 0. The third-order valence-electron chi connectivity index (χ3n) is 3.02. The first kappa shape index (κ1) is 14.2. The number of unbranched alkanes of at least 4 members (excludes halogenated alkanes) is 1. The standard InChI is InChI=1S/C14H18Br2O2/c1-2-3-5-11(15)10-8-13-14(9-12(10)16)18-7-4-6-17-13/h8-9,11H,2-7H2,1H3. The molecule has 0 aliphatic carbocycles. The number of halogens is 2. The van der Waals surface area contributed by atoms with Gasteiger partial charge in [0.15, 0.2) is 11.5 Å². The van der Waals surface area contributed by atoms with Crippen molar-refractivity contribution in [1.82, 2.24) is 0 Å². The summed E-state index contributed by atoms with van der Waals surface area (Å²) in [6, 6.07) is 4.12. The molecule has 0 radical (unpaired) electrons. The Balaban J connectivity index is 2.23. The van der Waals surface area contributed by atoms with Gasteiger partial charge in [0.1, 0.15) is 0 Å². The lowest BCUT2D eigenvalue weighted by Gasteiger charge is -2.15. The van der Waals surface area contributed by atoms with Gasteiger partial charge in [-0.05, 0) is 24.1 Å². The zero-order chi connectivity index (χ0) is 13.0. The van der Waals surface area contributed by atoms with Crippen LogP contribution in [0.15, 0.2) is 16.6 Å². The first-order valence-corrected chi connectivity index (χ1v) is 8.16. The Bertz CT molecular complexity index is 407. The van der Waals surface area contributed by atoms with E-state index in [4.69, 9.17) is 9.47 Å². The summed E-state index contributed by atoms with van der Waals surface area (Å²) < 4.78 is 12.5. The molecule has 0 N–H and O–H groups in total. The van der Waals surface area contributed by atoms with E-state index in [9.17, 15) is 0 Å². The van der Waals surface area contributed by atoms with Gasteiger partial charge in [-0.2, -0.15) is 0 Å². The monoisotopic (exact) mass is 376 g/mol. The first-order valence-electron chi connectivity index (χ1n) is 6.45. The van der Waals surface area contributed by atoms with Crippen molar-refractivity contribution in [2.24, 2.45) is 0 Å². The molecule has 0 saturated carbocycles. The van der Waals surface area contributed by atoms with E-state index in [-0.39, 0.29) is 0 Å². The van der Waals surface area contributed by atoms with Crippen molar-refractivity contribution in [1.29, 1.82) is 0 Å². The summed E-state index contributed by atoms with van der Waals surface area (Å²) in [5, 5.41) is 0. The van der Waals surface area contributed by atoms with E-state index in [1.807, 2.05) is 6.07 Å². The second kappa shape index (κ2) is 6.80. The highest BCUT2D eigenvalue weighted by Crippen LogP contribution is 2.41.